The molecule has 1 aromatic rings. The molecule has 21 heavy (non-hydrogen) atoms. The van der Waals surface area contributed by atoms with Gasteiger partial charge in [-0.3, -0.25) is 9.36 Å². The van der Waals surface area contributed by atoms with E-state index in [-0.39, 0.29) is 5.82 Å². The lowest BCUT2D eigenvalue weighted by molar-refractivity contribution is -0.148. The summed E-state index contributed by atoms with van der Waals surface area (Å²) in [4.78, 5) is 25.6. The van der Waals surface area contributed by atoms with Crippen molar-refractivity contribution >= 4 is 11.8 Å². The second-order valence-electron chi connectivity index (χ2n) is 4.49. The summed E-state index contributed by atoms with van der Waals surface area (Å²) in [6.07, 6.45) is -4.76. The Morgan fingerprint density at radius 3 is 2.90 bits per heavy atom. The summed E-state index contributed by atoms with van der Waals surface area (Å²) in [6, 6.07) is 1.15. The summed E-state index contributed by atoms with van der Waals surface area (Å²) in [5.41, 5.74) is 4.23. The quantitative estimate of drug-likeness (QED) is 0.708. The number of rotatable bonds is 3. The Hall–Kier alpha value is -2.07. The summed E-state index contributed by atoms with van der Waals surface area (Å²) >= 11 is 0. The average Bonchev–Trinajstić information content (AvgIpc) is 2.60. The van der Waals surface area contributed by atoms with Gasteiger partial charge in [-0.05, 0) is 6.07 Å². The molecule has 0 bridgehead atoms. The van der Waals surface area contributed by atoms with Crippen LogP contribution in [0.4, 0.5) is 14.6 Å². The van der Waals surface area contributed by atoms with Gasteiger partial charge in [0.1, 0.15) is 18.5 Å². The summed E-state index contributed by atoms with van der Waals surface area (Å²) in [5.74, 6) is -4.59. The zero-order valence-electron chi connectivity index (χ0n) is 10.9. The number of ether oxygens (including phenoxy) is 2. The summed E-state index contributed by atoms with van der Waals surface area (Å²) < 4.78 is 38.0. The summed E-state index contributed by atoms with van der Waals surface area (Å²) in [6.45, 7) is 0.533. The SMILES string of the molecule is CC(=O)OCC1OC(n2ccc(N)nc2=O)C(F)(F)C1O. The zero-order chi connectivity index (χ0) is 15.8. The van der Waals surface area contributed by atoms with E-state index in [2.05, 4.69) is 9.72 Å². The molecule has 116 valence electrons. The predicted octanol–water partition coefficient (Wildman–Crippen LogP) is -0.718. The highest BCUT2D eigenvalue weighted by atomic mass is 19.3. The maximum Gasteiger partial charge on any atom is 0.351 e. The molecule has 0 radical (unpaired) electrons. The van der Waals surface area contributed by atoms with Gasteiger partial charge >= 0.3 is 17.6 Å². The number of aromatic nitrogens is 2. The van der Waals surface area contributed by atoms with Crippen LogP contribution in [-0.2, 0) is 14.3 Å². The minimum absolute atomic E-state index is 0.130. The van der Waals surface area contributed by atoms with Gasteiger partial charge < -0.3 is 20.3 Å². The molecule has 1 fully saturated rings. The van der Waals surface area contributed by atoms with Gasteiger partial charge in [0.15, 0.2) is 6.10 Å². The molecule has 1 saturated heterocycles. The number of anilines is 1. The number of halogens is 2. The maximum absolute atomic E-state index is 14.0. The lowest BCUT2D eigenvalue weighted by Gasteiger charge is -2.20. The van der Waals surface area contributed by atoms with Gasteiger partial charge in [0.05, 0.1) is 0 Å². The first-order valence-electron chi connectivity index (χ1n) is 5.93. The number of hydrogen-bond acceptors (Lipinski definition) is 7. The molecule has 0 saturated carbocycles. The number of alkyl halides is 2. The van der Waals surface area contributed by atoms with Gasteiger partial charge in [-0.2, -0.15) is 13.8 Å². The first-order valence-corrected chi connectivity index (χ1v) is 5.93. The smallest absolute Gasteiger partial charge is 0.351 e. The molecule has 3 N–H and O–H groups in total. The van der Waals surface area contributed by atoms with Crippen molar-refractivity contribution in [3.05, 3.63) is 22.7 Å². The lowest BCUT2D eigenvalue weighted by atomic mass is 10.1. The molecular formula is C11H13F2N3O5. The van der Waals surface area contributed by atoms with Crippen molar-refractivity contribution in [2.75, 3.05) is 12.3 Å². The molecule has 0 aliphatic carbocycles. The number of carbonyl (C=O) groups excluding carboxylic acids is 1. The highest BCUT2D eigenvalue weighted by molar-refractivity contribution is 5.65. The van der Waals surface area contributed by atoms with Gasteiger partial charge in [0.25, 0.3) is 0 Å². The van der Waals surface area contributed by atoms with Crippen LogP contribution < -0.4 is 11.4 Å². The molecule has 8 nitrogen and oxygen atoms in total. The Labute approximate surface area is 117 Å². The van der Waals surface area contributed by atoms with Crippen LogP contribution in [0, 0.1) is 0 Å². The van der Waals surface area contributed by atoms with Crippen LogP contribution in [0.25, 0.3) is 0 Å². The van der Waals surface area contributed by atoms with Gasteiger partial charge in [-0.25, -0.2) is 4.79 Å². The molecule has 10 heteroatoms. The van der Waals surface area contributed by atoms with Crippen LogP contribution in [0.1, 0.15) is 13.2 Å². The fourth-order valence-electron chi connectivity index (χ4n) is 1.91. The van der Waals surface area contributed by atoms with Gasteiger partial charge in [-0.1, -0.05) is 0 Å². The molecule has 1 aromatic heterocycles. The Morgan fingerprint density at radius 1 is 1.67 bits per heavy atom. The Morgan fingerprint density at radius 2 is 2.33 bits per heavy atom. The van der Waals surface area contributed by atoms with E-state index in [1.807, 2.05) is 0 Å². The molecule has 1 aliphatic rings. The van der Waals surface area contributed by atoms with E-state index in [4.69, 9.17) is 10.5 Å². The van der Waals surface area contributed by atoms with Crippen molar-refractivity contribution in [1.82, 2.24) is 9.55 Å². The second-order valence-corrected chi connectivity index (χ2v) is 4.49. The van der Waals surface area contributed by atoms with E-state index in [1.54, 1.807) is 0 Å². The molecule has 0 spiro atoms. The van der Waals surface area contributed by atoms with Gasteiger partial charge in [-0.15, -0.1) is 0 Å². The Kier molecular flexibility index (Phi) is 3.92. The van der Waals surface area contributed by atoms with Crippen molar-refractivity contribution < 1.29 is 28.2 Å². The predicted molar refractivity (Wildman–Crippen MR) is 64.4 cm³/mol. The Bertz CT molecular complexity index is 606. The fourth-order valence-corrected chi connectivity index (χ4v) is 1.91. The molecule has 1 aliphatic heterocycles. The normalized spacial score (nSPS) is 27.5. The highest BCUT2D eigenvalue weighted by Crippen LogP contribution is 2.42. The van der Waals surface area contributed by atoms with Crippen LogP contribution in [0.5, 0.6) is 0 Å². The van der Waals surface area contributed by atoms with Crippen molar-refractivity contribution in [3.8, 4) is 0 Å². The molecule has 3 unspecified atom stereocenters. The number of carbonyl (C=O) groups is 1. The number of nitrogens with zero attached hydrogens (tertiary/aromatic N) is 2. The van der Waals surface area contributed by atoms with Crippen LogP contribution in [0.2, 0.25) is 0 Å². The average molecular weight is 305 g/mol. The molecule has 0 amide bonds. The monoisotopic (exact) mass is 305 g/mol. The van der Waals surface area contributed by atoms with Crippen LogP contribution >= 0.6 is 0 Å². The molecule has 2 heterocycles. The number of nitrogen functional groups attached to an aromatic ring is 1. The molecule has 0 aromatic carbocycles. The number of aliphatic hydroxyl groups is 1. The topological polar surface area (TPSA) is 117 Å². The van der Waals surface area contributed by atoms with Crippen LogP contribution in [0.3, 0.4) is 0 Å². The first-order chi connectivity index (χ1) is 9.73. The summed E-state index contributed by atoms with van der Waals surface area (Å²) in [7, 11) is 0. The van der Waals surface area contributed by atoms with E-state index in [9.17, 15) is 23.5 Å². The second kappa shape index (κ2) is 5.37. The molecular weight excluding hydrogens is 292 g/mol. The van der Waals surface area contributed by atoms with E-state index in [0.717, 1.165) is 19.2 Å². The number of aliphatic hydroxyl groups excluding tert-OH is 1. The number of esters is 1. The van der Waals surface area contributed by atoms with E-state index in [0.29, 0.717) is 4.57 Å². The maximum atomic E-state index is 14.0. The lowest BCUT2D eigenvalue weighted by Crippen LogP contribution is -2.42. The Balaban J connectivity index is 2.27. The minimum atomic E-state index is -3.76. The van der Waals surface area contributed by atoms with Crippen molar-refractivity contribution in [2.45, 2.75) is 31.3 Å². The van der Waals surface area contributed by atoms with Crippen LogP contribution in [-0.4, -0.2) is 45.4 Å². The fraction of sp³-hybridized carbons (Fsp3) is 0.545. The van der Waals surface area contributed by atoms with E-state index >= 15 is 0 Å². The minimum Gasteiger partial charge on any atom is -0.463 e. The van der Waals surface area contributed by atoms with Gasteiger partial charge in [0, 0.05) is 13.1 Å². The molecule has 3 atom stereocenters. The van der Waals surface area contributed by atoms with E-state index in [1.165, 1.54) is 0 Å². The van der Waals surface area contributed by atoms with Crippen molar-refractivity contribution in [3.63, 3.8) is 0 Å². The van der Waals surface area contributed by atoms with Crippen LogP contribution in [0.15, 0.2) is 17.1 Å². The van der Waals surface area contributed by atoms with Gasteiger partial charge in [0.2, 0.25) is 6.23 Å². The number of hydrogen-bond donors (Lipinski definition) is 2. The number of nitrogens with two attached hydrogens (primary N) is 1. The molecule has 2 rings (SSSR count). The zero-order valence-corrected chi connectivity index (χ0v) is 10.9. The summed E-state index contributed by atoms with van der Waals surface area (Å²) in [5, 5.41) is 9.58. The highest BCUT2D eigenvalue weighted by Gasteiger charge is 2.59. The van der Waals surface area contributed by atoms with Crippen molar-refractivity contribution in [2.24, 2.45) is 0 Å². The standard InChI is InChI=1S/C11H13F2N3O5/c1-5(17)20-4-6-8(18)11(12,13)9(21-6)16-3-2-7(14)15-10(16)19/h2-3,6,8-9,18H,4H2,1H3,(H2,14,15,19). The third kappa shape index (κ3) is 2.85. The first kappa shape index (κ1) is 15.3. The van der Waals surface area contributed by atoms with E-state index < -0.39 is 42.6 Å². The third-order valence-corrected chi connectivity index (χ3v) is 2.93. The van der Waals surface area contributed by atoms with Crippen molar-refractivity contribution in [1.29, 1.82) is 0 Å². The third-order valence-electron chi connectivity index (χ3n) is 2.93. The largest absolute Gasteiger partial charge is 0.463 e.